The monoisotopic (exact) mass is 485 g/mol. The minimum absolute atomic E-state index is 0.0570. The van der Waals surface area contributed by atoms with Gasteiger partial charge in [0.25, 0.3) is 11.8 Å². The van der Waals surface area contributed by atoms with Crippen molar-refractivity contribution in [1.29, 1.82) is 0 Å². The zero-order chi connectivity index (χ0) is 25.5. The van der Waals surface area contributed by atoms with Gasteiger partial charge in [0, 0.05) is 19.3 Å². The molecule has 0 aliphatic carbocycles. The number of nitrogens with one attached hydrogen (secondary N) is 2. The van der Waals surface area contributed by atoms with Gasteiger partial charge in [0.1, 0.15) is 22.9 Å². The Hall–Kier alpha value is -4.72. The molecule has 0 aliphatic rings. The average Bonchev–Trinajstić information content (AvgIpc) is 2.88. The SMILES string of the molecule is Cc1ccc(C(=O)NCc2ccc(CNC(=O)c3cccnc3Oc3ccc(F)cc3)cc2)c(O)c1. The Morgan fingerprint density at radius 3 is 2.08 bits per heavy atom. The van der Waals surface area contributed by atoms with Gasteiger partial charge in [-0.2, -0.15) is 0 Å². The first kappa shape index (κ1) is 24.4. The molecule has 36 heavy (non-hydrogen) atoms. The number of aromatic nitrogens is 1. The fraction of sp³-hybridized carbons (Fsp3) is 0.107. The number of phenols is 1. The van der Waals surface area contributed by atoms with Crippen molar-refractivity contribution in [3.05, 3.63) is 119 Å². The molecule has 0 bridgehead atoms. The number of hydrogen-bond acceptors (Lipinski definition) is 5. The molecule has 0 unspecified atom stereocenters. The van der Waals surface area contributed by atoms with Crippen molar-refractivity contribution in [2.45, 2.75) is 20.0 Å². The van der Waals surface area contributed by atoms with Crippen molar-refractivity contribution in [2.24, 2.45) is 0 Å². The molecule has 0 radical (unpaired) electrons. The van der Waals surface area contributed by atoms with Crippen LogP contribution in [0.15, 0.2) is 85.1 Å². The Bertz CT molecular complexity index is 1370. The normalized spacial score (nSPS) is 10.5. The number of benzene rings is 3. The number of amides is 2. The highest BCUT2D eigenvalue weighted by atomic mass is 19.1. The topological polar surface area (TPSA) is 101 Å². The van der Waals surface area contributed by atoms with Crippen LogP contribution in [-0.4, -0.2) is 21.9 Å². The maximum atomic E-state index is 13.1. The van der Waals surface area contributed by atoms with Crippen LogP contribution in [0.1, 0.15) is 37.4 Å². The smallest absolute Gasteiger partial charge is 0.257 e. The van der Waals surface area contributed by atoms with Crippen LogP contribution in [0.2, 0.25) is 0 Å². The lowest BCUT2D eigenvalue weighted by atomic mass is 10.1. The van der Waals surface area contributed by atoms with Gasteiger partial charge in [0.2, 0.25) is 5.88 Å². The largest absolute Gasteiger partial charge is 0.507 e. The highest BCUT2D eigenvalue weighted by Crippen LogP contribution is 2.23. The number of carbonyl (C=O) groups is 2. The molecule has 4 rings (SSSR count). The number of nitrogens with zero attached hydrogens (tertiary/aromatic N) is 1. The Kier molecular flexibility index (Phi) is 7.55. The number of rotatable bonds is 8. The summed E-state index contributed by atoms with van der Waals surface area (Å²) in [6, 6.07) is 21.0. The van der Waals surface area contributed by atoms with E-state index in [0.717, 1.165) is 16.7 Å². The van der Waals surface area contributed by atoms with Crippen molar-refractivity contribution in [2.75, 3.05) is 0 Å². The first-order chi connectivity index (χ1) is 17.4. The highest BCUT2D eigenvalue weighted by Gasteiger charge is 2.15. The molecule has 1 heterocycles. The summed E-state index contributed by atoms with van der Waals surface area (Å²) in [4.78, 5) is 29.2. The molecule has 0 aliphatic heterocycles. The minimum atomic E-state index is -0.389. The summed E-state index contributed by atoms with van der Waals surface area (Å²) in [6.07, 6.45) is 1.51. The van der Waals surface area contributed by atoms with E-state index in [1.54, 1.807) is 30.3 Å². The molecule has 3 aromatic carbocycles. The van der Waals surface area contributed by atoms with E-state index < -0.39 is 0 Å². The van der Waals surface area contributed by atoms with E-state index >= 15 is 0 Å². The molecule has 3 N–H and O–H groups in total. The molecule has 0 spiro atoms. The third-order valence-electron chi connectivity index (χ3n) is 5.37. The summed E-state index contributed by atoms with van der Waals surface area (Å²) >= 11 is 0. The van der Waals surface area contributed by atoms with Gasteiger partial charge in [0.05, 0.1) is 5.56 Å². The number of ether oxygens (including phenoxy) is 1. The molecular weight excluding hydrogens is 461 g/mol. The number of hydrogen-bond donors (Lipinski definition) is 3. The van der Waals surface area contributed by atoms with Crippen LogP contribution in [-0.2, 0) is 13.1 Å². The number of aromatic hydroxyl groups is 1. The second kappa shape index (κ2) is 11.1. The number of pyridine rings is 1. The summed E-state index contributed by atoms with van der Waals surface area (Å²) in [5, 5.41) is 15.6. The predicted octanol–water partition coefficient (Wildman–Crippen LogP) is 4.89. The third kappa shape index (κ3) is 6.24. The Morgan fingerprint density at radius 2 is 1.47 bits per heavy atom. The second-order valence-corrected chi connectivity index (χ2v) is 8.11. The fourth-order valence-corrected chi connectivity index (χ4v) is 3.42. The van der Waals surface area contributed by atoms with E-state index in [1.165, 1.54) is 30.5 Å². The summed E-state index contributed by atoms with van der Waals surface area (Å²) in [5.74, 6) is -0.691. The van der Waals surface area contributed by atoms with Gasteiger partial charge in [-0.3, -0.25) is 9.59 Å². The van der Waals surface area contributed by atoms with Crippen molar-refractivity contribution < 1.29 is 23.8 Å². The first-order valence-corrected chi connectivity index (χ1v) is 11.2. The Morgan fingerprint density at radius 1 is 0.861 bits per heavy atom. The average molecular weight is 486 g/mol. The molecule has 4 aromatic rings. The quantitative estimate of drug-likeness (QED) is 0.330. The van der Waals surface area contributed by atoms with Crippen LogP contribution in [0.3, 0.4) is 0 Å². The molecular formula is C28H24FN3O4. The summed E-state index contributed by atoms with van der Waals surface area (Å²) < 4.78 is 18.8. The zero-order valence-corrected chi connectivity index (χ0v) is 19.5. The van der Waals surface area contributed by atoms with Crippen LogP contribution >= 0.6 is 0 Å². The van der Waals surface area contributed by atoms with Gasteiger partial charge in [-0.25, -0.2) is 9.37 Å². The molecule has 1 aromatic heterocycles. The number of carbonyl (C=O) groups excluding carboxylic acids is 2. The standard InChI is InChI=1S/C28H24FN3O4/c1-18-4-13-23(25(33)15-18)26(34)31-16-19-5-7-20(8-6-19)17-32-27(35)24-3-2-14-30-28(24)36-22-11-9-21(29)10-12-22/h2-15,33H,16-17H2,1H3,(H,31,34)(H,32,35). The first-order valence-electron chi connectivity index (χ1n) is 11.2. The number of halogens is 1. The van der Waals surface area contributed by atoms with Gasteiger partial charge in [-0.1, -0.05) is 30.3 Å². The van der Waals surface area contributed by atoms with E-state index in [1.807, 2.05) is 31.2 Å². The van der Waals surface area contributed by atoms with Crippen molar-refractivity contribution in [1.82, 2.24) is 15.6 Å². The summed E-state index contributed by atoms with van der Waals surface area (Å²) in [5.41, 5.74) is 3.07. The molecule has 8 heteroatoms. The van der Waals surface area contributed by atoms with Crippen LogP contribution in [0, 0.1) is 12.7 Å². The lowest BCUT2D eigenvalue weighted by Crippen LogP contribution is -2.24. The molecule has 7 nitrogen and oxygen atoms in total. The van der Waals surface area contributed by atoms with Crippen molar-refractivity contribution >= 4 is 11.8 Å². The Balaban J connectivity index is 1.32. The maximum absolute atomic E-state index is 13.1. The predicted molar refractivity (Wildman–Crippen MR) is 132 cm³/mol. The van der Waals surface area contributed by atoms with Crippen molar-refractivity contribution in [3.8, 4) is 17.4 Å². The Labute approximate surface area is 207 Å². The second-order valence-electron chi connectivity index (χ2n) is 8.11. The lowest BCUT2D eigenvalue weighted by molar-refractivity contribution is 0.0939. The van der Waals surface area contributed by atoms with E-state index in [-0.39, 0.29) is 46.9 Å². The van der Waals surface area contributed by atoms with Gasteiger partial charge in [-0.05, 0) is 72.1 Å². The molecule has 182 valence electrons. The van der Waals surface area contributed by atoms with Crippen LogP contribution in [0.25, 0.3) is 0 Å². The van der Waals surface area contributed by atoms with Crippen LogP contribution < -0.4 is 15.4 Å². The van der Waals surface area contributed by atoms with Gasteiger partial charge >= 0.3 is 0 Å². The number of phenolic OH excluding ortho intramolecular Hbond substituents is 1. The van der Waals surface area contributed by atoms with E-state index in [0.29, 0.717) is 12.3 Å². The molecule has 0 saturated carbocycles. The van der Waals surface area contributed by atoms with E-state index in [2.05, 4.69) is 15.6 Å². The molecule has 2 amide bonds. The zero-order valence-electron chi connectivity index (χ0n) is 19.5. The van der Waals surface area contributed by atoms with E-state index in [4.69, 9.17) is 4.74 Å². The third-order valence-corrected chi connectivity index (χ3v) is 5.37. The molecule has 0 atom stereocenters. The highest BCUT2D eigenvalue weighted by molar-refractivity contribution is 5.97. The van der Waals surface area contributed by atoms with Crippen LogP contribution in [0.4, 0.5) is 4.39 Å². The molecule has 0 fully saturated rings. The van der Waals surface area contributed by atoms with E-state index in [9.17, 15) is 19.1 Å². The number of aryl methyl sites for hydroxylation is 1. The lowest BCUT2D eigenvalue weighted by Gasteiger charge is -2.11. The fourth-order valence-electron chi connectivity index (χ4n) is 3.42. The van der Waals surface area contributed by atoms with Crippen molar-refractivity contribution in [3.63, 3.8) is 0 Å². The van der Waals surface area contributed by atoms with Gasteiger partial charge in [0.15, 0.2) is 0 Å². The minimum Gasteiger partial charge on any atom is -0.507 e. The summed E-state index contributed by atoms with van der Waals surface area (Å²) in [6.45, 7) is 2.40. The van der Waals surface area contributed by atoms with Gasteiger partial charge in [-0.15, -0.1) is 0 Å². The molecule has 0 saturated heterocycles. The van der Waals surface area contributed by atoms with Crippen LogP contribution in [0.5, 0.6) is 17.4 Å². The maximum Gasteiger partial charge on any atom is 0.257 e. The summed E-state index contributed by atoms with van der Waals surface area (Å²) in [7, 11) is 0. The van der Waals surface area contributed by atoms with Gasteiger partial charge < -0.3 is 20.5 Å².